The molecule has 2 N–H and O–H groups in total. The van der Waals surface area contributed by atoms with Crippen molar-refractivity contribution in [3.8, 4) is 0 Å². The van der Waals surface area contributed by atoms with Gasteiger partial charge in [0.25, 0.3) is 22.2 Å². The first kappa shape index (κ1) is 78.2. The van der Waals surface area contributed by atoms with Gasteiger partial charge in [0.1, 0.15) is 23.1 Å². The van der Waals surface area contributed by atoms with E-state index in [9.17, 15) is 38.4 Å². The SMILES string of the molecule is Cc1cc(CCCCBr)on1.Cc1cc(CCCCn2c(=O)c3c(ncn3CC3CCCC3)n(C)c2=O)on1.Cc1cc(CCCCn2c(=O)c3c(ncn3CC3CCCC3)n(C)c2=O)on1.Cn1c(=O)[nH]c(=O)c2c1ncn2CC1CCCC1.Cn1c2c(c(=O)[nH]c1=O)CC=N2.ICC1CCCC1. The monoisotopic (exact) mass is 1610 g/mol. The maximum atomic E-state index is 13.1. The molecule has 4 fully saturated rings. The molecule has 29 nitrogen and oxygen atoms in total. The highest BCUT2D eigenvalue weighted by atomic mass is 127. The zero-order valence-corrected chi connectivity index (χ0v) is 64.8. The summed E-state index contributed by atoms with van der Waals surface area (Å²) in [5.41, 5.74) is 3.67. The maximum absolute atomic E-state index is 13.1. The molecule has 0 amide bonds. The quantitative estimate of drug-likeness (QED) is 0.0383. The van der Waals surface area contributed by atoms with Gasteiger partial charge in [0.2, 0.25) is 0 Å². The molecule has 15 rings (SSSR count). The predicted molar refractivity (Wildman–Crippen MR) is 411 cm³/mol. The van der Waals surface area contributed by atoms with Crippen LogP contribution in [0.15, 0.2) is 94.1 Å². The van der Waals surface area contributed by atoms with Crippen molar-refractivity contribution in [2.24, 2.45) is 56.9 Å². The first-order valence-electron chi connectivity index (χ1n) is 36.9. The number of fused-ring (bicyclic) bond motifs is 4. The van der Waals surface area contributed by atoms with E-state index >= 15 is 0 Å². The number of halogens is 2. The van der Waals surface area contributed by atoms with Crippen molar-refractivity contribution in [1.82, 2.24) is 81.5 Å². The van der Waals surface area contributed by atoms with Crippen molar-refractivity contribution >= 4 is 84.0 Å². The van der Waals surface area contributed by atoms with Crippen molar-refractivity contribution in [2.45, 2.75) is 220 Å². The number of alkyl halides is 2. The second-order valence-corrected chi connectivity index (χ2v) is 30.1. The zero-order chi connectivity index (χ0) is 74.0. The maximum Gasteiger partial charge on any atom is 0.332 e. The summed E-state index contributed by atoms with van der Waals surface area (Å²) in [6, 6.07) is 5.83. The van der Waals surface area contributed by atoms with Gasteiger partial charge in [0.15, 0.2) is 33.5 Å². The van der Waals surface area contributed by atoms with Gasteiger partial charge in [-0.2, -0.15) is 0 Å². The van der Waals surface area contributed by atoms with E-state index in [1.54, 1.807) is 53.4 Å². The van der Waals surface area contributed by atoms with E-state index in [0.29, 0.717) is 82.1 Å². The van der Waals surface area contributed by atoms with Crippen molar-refractivity contribution < 1.29 is 13.6 Å². The fourth-order valence-corrected chi connectivity index (χ4v) is 15.9. The third kappa shape index (κ3) is 20.0. The van der Waals surface area contributed by atoms with Crippen LogP contribution in [0.4, 0.5) is 5.82 Å². The lowest BCUT2D eigenvalue weighted by Gasteiger charge is -2.12. The molecular weight excluding hydrogens is 1510 g/mol. The Kier molecular flexibility index (Phi) is 28.3. The van der Waals surface area contributed by atoms with E-state index in [1.165, 1.54) is 147 Å². The van der Waals surface area contributed by atoms with E-state index in [0.717, 1.165) is 110 Å². The average molecular weight is 1610 g/mol. The molecule has 0 aromatic carbocycles. The Balaban J connectivity index is 0.000000142. The second-order valence-electron chi connectivity index (χ2n) is 28.4. The van der Waals surface area contributed by atoms with Gasteiger partial charge in [0.05, 0.1) is 41.6 Å². The summed E-state index contributed by atoms with van der Waals surface area (Å²) in [6.07, 6.45) is 35.9. The standard InChI is InChI=1S/2C20H27N5O3.C12H16N4O2.C8H12BrNO.C7H7N3O2.C6H11I/c2*1-14-11-16(28-22-14)9-5-6-10-25-19(26)17-18(23(2)20(25)27)21-13-24(17)12-15-7-3-4-8-15;1-15-10-9(11(17)14-12(15)18)16(7-13-10)6-8-4-2-3-5-8;1-7-6-8(11-10-7)4-2-3-5-9;1-10-5-4(2-3-8-5)6(11)9-7(10)12;7-5-6-3-1-2-4-6/h2*11,13,15H,3-10,12H2,1-2H3;7-8H,2-6H2,1H3,(H,14,17,18);6H,2-5H2,1H3;3H,2H2,1H3,(H,9,11,12);6H,1-5H2. The summed E-state index contributed by atoms with van der Waals surface area (Å²) in [5, 5.41) is 12.6. The number of aliphatic imine (C=N–C) groups is 1. The van der Waals surface area contributed by atoms with Gasteiger partial charge in [-0.05, 0) is 134 Å². The third-order valence-electron chi connectivity index (χ3n) is 20.4. The van der Waals surface area contributed by atoms with Gasteiger partial charge in [-0.1, -0.05) is 105 Å². The van der Waals surface area contributed by atoms with E-state index in [4.69, 9.17) is 13.6 Å². The average Bonchev–Trinajstić information content (AvgIpc) is 1.58. The highest BCUT2D eigenvalue weighted by Gasteiger charge is 2.24. The summed E-state index contributed by atoms with van der Waals surface area (Å²) in [6.45, 7) is 8.92. The minimum absolute atomic E-state index is 0.232. The van der Waals surface area contributed by atoms with Crippen molar-refractivity contribution in [3.63, 3.8) is 0 Å². The van der Waals surface area contributed by atoms with E-state index in [2.05, 4.69) is 83.9 Å². The van der Waals surface area contributed by atoms with Gasteiger partial charge in [-0.25, -0.2) is 39.1 Å². The summed E-state index contributed by atoms with van der Waals surface area (Å²) < 4.78 is 31.0. The largest absolute Gasteiger partial charge is 0.361 e. The summed E-state index contributed by atoms with van der Waals surface area (Å²) in [7, 11) is 6.57. The number of nitrogens with zero attached hydrogens (tertiary/aromatic N) is 16. The van der Waals surface area contributed by atoms with Crippen LogP contribution >= 0.6 is 38.5 Å². The number of unbranched alkanes of at least 4 members (excludes halogenated alkanes) is 3. The molecule has 0 saturated heterocycles. The van der Waals surface area contributed by atoms with Crippen LogP contribution in [-0.4, -0.2) is 97.5 Å². The minimum Gasteiger partial charge on any atom is -0.361 e. The number of aromatic nitrogens is 17. The van der Waals surface area contributed by atoms with Crippen LogP contribution in [0.2, 0.25) is 0 Å². The number of nitrogens with one attached hydrogen (secondary N) is 2. The molecule has 5 aliphatic rings. The lowest BCUT2D eigenvalue weighted by atomic mass is 10.1. The fourth-order valence-electron chi connectivity index (χ4n) is 14.6. The molecule has 4 aliphatic carbocycles. The van der Waals surface area contributed by atoms with E-state index < -0.39 is 11.4 Å². The van der Waals surface area contributed by atoms with Crippen LogP contribution in [0.3, 0.4) is 0 Å². The molecule has 0 spiro atoms. The Morgan fingerprint density at radius 3 is 1.21 bits per heavy atom. The second kappa shape index (κ2) is 37.6. The number of hydrogen-bond acceptors (Lipinski definition) is 18. The molecule has 10 aromatic rings. The fraction of sp³-hybridized carbons (Fsp3) is 0.603. The van der Waals surface area contributed by atoms with Gasteiger partial charge in [-0.3, -0.25) is 56.5 Å². The Hall–Kier alpha value is -8.36. The normalized spacial score (nSPS) is 15.2. The number of hydrogen-bond donors (Lipinski definition) is 2. The number of rotatable bonds is 21. The molecular formula is C73H100BrIN18O11. The molecule has 1 aliphatic heterocycles. The lowest BCUT2D eigenvalue weighted by molar-refractivity contribution is 0.374. The van der Waals surface area contributed by atoms with Gasteiger partial charge in [0, 0.05) is 121 Å². The molecule has 562 valence electrons. The summed E-state index contributed by atoms with van der Waals surface area (Å²) in [5.74, 6) is 6.04. The predicted octanol–water partition coefficient (Wildman–Crippen LogP) is 10.1. The molecule has 4 saturated carbocycles. The van der Waals surface area contributed by atoms with Crippen LogP contribution in [0, 0.1) is 44.4 Å². The Morgan fingerprint density at radius 1 is 0.471 bits per heavy atom. The zero-order valence-electron chi connectivity index (χ0n) is 61.1. The molecule has 0 atom stereocenters. The highest BCUT2D eigenvalue weighted by Crippen LogP contribution is 2.30. The Morgan fingerprint density at radius 2 is 0.837 bits per heavy atom. The van der Waals surface area contributed by atoms with Crippen molar-refractivity contribution in [1.29, 1.82) is 0 Å². The van der Waals surface area contributed by atoms with Crippen LogP contribution < -0.4 is 45.0 Å². The Labute approximate surface area is 622 Å². The van der Waals surface area contributed by atoms with Gasteiger partial charge in [-0.15, -0.1) is 0 Å². The molecule has 0 radical (unpaired) electrons. The van der Waals surface area contributed by atoms with Crippen molar-refractivity contribution in [3.05, 3.63) is 160 Å². The van der Waals surface area contributed by atoms with E-state index in [1.807, 2.05) is 52.7 Å². The van der Waals surface area contributed by atoms with Crippen LogP contribution in [-0.2, 0) is 86.6 Å². The van der Waals surface area contributed by atoms with E-state index in [-0.39, 0.29) is 33.6 Å². The topological polar surface area (TPSA) is 342 Å². The Bertz CT molecular complexity index is 4850. The van der Waals surface area contributed by atoms with Gasteiger partial charge < -0.3 is 27.3 Å². The van der Waals surface area contributed by atoms with Gasteiger partial charge >= 0.3 is 22.8 Å². The molecule has 10 aromatic heterocycles. The number of H-pyrrole nitrogens is 2. The number of imidazole rings is 3. The molecule has 104 heavy (non-hydrogen) atoms. The number of aromatic amines is 2. The molecule has 31 heteroatoms. The van der Waals surface area contributed by atoms with Crippen molar-refractivity contribution in [2.75, 3.05) is 9.76 Å². The minimum atomic E-state index is -0.419. The highest BCUT2D eigenvalue weighted by molar-refractivity contribution is 14.1. The first-order valence-corrected chi connectivity index (χ1v) is 39.5. The summed E-state index contributed by atoms with van der Waals surface area (Å²) >= 11 is 5.87. The number of aryl methyl sites for hydroxylation is 9. The van der Waals surface area contributed by atoms with Crippen LogP contribution in [0.25, 0.3) is 33.5 Å². The first-order chi connectivity index (χ1) is 50.2. The van der Waals surface area contributed by atoms with Crippen LogP contribution in [0.1, 0.15) is 181 Å². The van der Waals surface area contributed by atoms with Crippen LogP contribution in [0.5, 0.6) is 0 Å². The third-order valence-corrected chi connectivity index (χ3v) is 22.2. The smallest absolute Gasteiger partial charge is 0.332 e. The molecule has 0 bridgehead atoms. The molecule has 11 heterocycles. The molecule has 0 unspecified atom stereocenters. The lowest BCUT2D eigenvalue weighted by Crippen LogP contribution is -2.39. The summed E-state index contributed by atoms with van der Waals surface area (Å²) in [4.78, 5) is 118.